The van der Waals surface area contributed by atoms with Gasteiger partial charge in [-0.1, -0.05) is 55.5 Å². The van der Waals surface area contributed by atoms with Crippen molar-refractivity contribution in [3.05, 3.63) is 108 Å². The van der Waals surface area contributed by atoms with Gasteiger partial charge in [-0.3, -0.25) is 0 Å². The zero-order valence-corrected chi connectivity index (χ0v) is 17.1. The van der Waals surface area contributed by atoms with Crippen LogP contribution in [0.15, 0.2) is 97.1 Å². The second kappa shape index (κ2) is 8.75. The highest BCUT2D eigenvalue weighted by Crippen LogP contribution is 2.32. The van der Waals surface area contributed by atoms with Crippen molar-refractivity contribution in [1.82, 2.24) is 0 Å². The summed E-state index contributed by atoms with van der Waals surface area (Å²) in [5, 5.41) is 0. The highest BCUT2D eigenvalue weighted by molar-refractivity contribution is 5.70. The third kappa shape index (κ3) is 4.64. The van der Waals surface area contributed by atoms with Crippen LogP contribution in [-0.4, -0.2) is 0 Å². The van der Waals surface area contributed by atoms with E-state index >= 15 is 0 Å². The number of benzene rings is 4. The predicted molar refractivity (Wildman–Crippen MR) is 126 cm³/mol. The third-order valence-corrected chi connectivity index (χ3v) is 5.28. The average molecular weight is 395 g/mol. The van der Waals surface area contributed by atoms with Crippen LogP contribution in [0.25, 0.3) is 11.1 Å². The molecule has 3 nitrogen and oxygen atoms in total. The van der Waals surface area contributed by atoms with E-state index in [0.29, 0.717) is 5.92 Å². The number of ether oxygens (including phenoxy) is 1. The van der Waals surface area contributed by atoms with Crippen LogP contribution < -0.4 is 16.2 Å². The van der Waals surface area contributed by atoms with Crippen molar-refractivity contribution in [3.8, 4) is 22.6 Å². The van der Waals surface area contributed by atoms with E-state index in [0.717, 1.165) is 29.3 Å². The predicted octanol–water partition coefficient (Wildman–Crippen LogP) is 6.66. The van der Waals surface area contributed by atoms with E-state index in [2.05, 4.69) is 55.5 Å². The molecule has 1 unspecified atom stereocenters. The maximum Gasteiger partial charge on any atom is 0.127 e. The molecule has 0 aromatic heterocycles. The van der Waals surface area contributed by atoms with Gasteiger partial charge < -0.3 is 16.2 Å². The molecule has 4 aromatic rings. The molecule has 0 amide bonds. The fourth-order valence-corrected chi connectivity index (χ4v) is 3.69. The fourth-order valence-electron chi connectivity index (χ4n) is 3.69. The van der Waals surface area contributed by atoms with Crippen LogP contribution >= 0.6 is 0 Å². The van der Waals surface area contributed by atoms with E-state index < -0.39 is 0 Å². The second-order valence-electron chi connectivity index (χ2n) is 7.63. The lowest BCUT2D eigenvalue weighted by Crippen LogP contribution is -2.02. The standard InChI is InChI=1S/C27H26N2O/c1-19(16-22-17-24(29)12-15-27(22)20-6-3-2-4-7-20)21-8-5-9-26(18-21)30-25-13-10-23(28)11-14-25/h2-15,17-19H,16,28-29H2,1H3. The van der Waals surface area contributed by atoms with Crippen molar-refractivity contribution in [2.45, 2.75) is 19.3 Å². The highest BCUT2D eigenvalue weighted by atomic mass is 16.5. The number of rotatable bonds is 6. The molecule has 0 fully saturated rings. The molecule has 3 heteroatoms. The topological polar surface area (TPSA) is 61.3 Å². The molecular formula is C27H26N2O. The minimum atomic E-state index is 0.309. The first-order chi connectivity index (χ1) is 14.6. The Morgan fingerprint density at radius 1 is 0.700 bits per heavy atom. The quantitative estimate of drug-likeness (QED) is 0.360. The SMILES string of the molecule is CC(Cc1cc(N)ccc1-c1ccccc1)c1cccc(Oc2ccc(N)cc2)c1. The Morgan fingerprint density at radius 3 is 2.20 bits per heavy atom. The summed E-state index contributed by atoms with van der Waals surface area (Å²) < 4.78 is 6.01. The molecule has 1 atom stereocenters. The average Bonchev–Trinajstić information content (AvgIpc) is 2.76. The van der Waals surface area contributed by atoms with Crippen LogP contribution in [0.1, 0.15) is 24.0 Å². The maximum atomic E-state index is 6.11. The van der Waals surface area contributed by atoms with Crippen LogP contribution in [0.4, 0.5) is 11.4 Å². The molecule has 0 spiro atoms. The minimum Gasteiger partial charge on any atom is -0.457 e. The summed E-state index contributed by atoms with van der Waals surface area (Å²) in [6, 6.07) is 32.3. The van der Waals surface area contributed by atoms with Crippen molar-refractivity contribution in [1.29, 1.82) is 0 Å². The summed E-state index contributed by atoms with van der Waals surface area (Å²) in [6.45, 7) is 2.24. The van der Waals surface area contributed by atoms with E-state index in [9.17, 15) is 0 Å². The van der Waals surface area contributed by atoms with Gasteiger partial charge in [0.05, 0.1) is 0 Å². The van der Waals surface area contributed by atoms with Crippen LogP contribution in [0.5, 0.6) is 11.5 Å². The summed E-state index contributed by atoms with van der Waals surface area (Å²) in [5.74, 6) is 1.90. The van der Waals surface area contributed by atoms with Gasteiger partial charge in [0.1, 0.15) is 11.5 Å². The Hall–Kier alpha value is -3.72. The summed E-state index contributed by atoms with van der Waals surface area (Å²) in [4.78, 5) is 0. The van der Waals surface area contributed by atoms with E-state index in [1.165, 1.54) is 22.3 Å². The van der Waals surface area contributed by atoms with Gasteiger partial charge in [-0.05, 0) is 83.1 Å². The molecule has 0 saturated carbocycles. The lowest BCUT2D eigenvalue weighted by Gasteiger charge is -2.17. The lowest BCUT2D eigenvalue weighted by atomic mass is 9.89. The lowest BCUT2D eigenvalue weighted by molar-refractivity contribution is 0.481. The molecule has 30 heavy (non-hydrogen) atoms. The molecule has 4 N–H and O–H groups in total. The van der Waals surface area contributed by atoms with Crippen LogP contribution in [-0.2, 0) is 6.42 Å². The molecule has 0 bridgehead atoms. The van der Waals surface area contributed by atoms with Crippen LogP contribution in [0.2, 0.25) is 0 Å². The van der Waals surface area contributed by atoms with Crippen molar-refractivity contribution < 1.29 is 4.74 Å². The number of nitrogen functional groups attached to an aromatic ring is 2. The maximum absolute atomic E-state index is 6.11. The molecule has 0 saturated heterocycles. The first-order valence-corrected chi connectivity index (χ1v) is 10.2. The first kappa shape index (κ1) is 19.6. The van der Waals surface area contributed by atoms with Gasteiger partial charge in [-0.25, -0.2) is 0 Å². The van der Waals surface area contributed by atoms with Gasteiger partial charge in [0, 0.05) is 11.4 Å². The monoisotopic (exact) mass is 394 g/mol. The number of anilines is 2. The molecule has 0 aliphatic carbocycles. The molecule has 4 rings (SSSR count). The molecule has 0 aliphatic rings. The number of hydrogen-bond acceptors (Lipinski definition) is 3. The largest absolute Gasteiger partial charge is 0.457 e. The number of hydrogen-bond donors (Lipinski definition) is 2. The van der Waals surface area contributed by atoms with Crippen LogP contribution in [0, 0.1) is 0 Å². The molecule has 0 heterocycles. The molecule has 4 aromatic carbocycles. The first-order valence-electron chi connectivity index (χ1n) is 10.2. The van der Waals surface area contributed by atoms with Gasteiger partial charge >= 0.3 is 0 Å². The summed E-state index contributed by atoms with van der Waals surface area (Å²) in [5.41, 5.74) is 18.3. The Balaban J connectivity index is 1.57. The fraction of sp³-hybridized carbons (Fsp3) is 0.111. The molecular weight excluding hydrogens is 368 g/mol. The van der Waals surface area contributed by atoms with Gasteiger partial charge in [0.15, 0.2) is 0 Å². The Kier molecular flexibility index (Phi) is 5.71. The summed E-state index contributed by atoms with van der Waals surface area (Å²) >= 11 is 0. The van der Waals surface area contributed by atoms with Crippen molar-refractivity contribution in [2.75, 3.05) is 11.5 Å². The normalized spacial score (nSPS) is 11.8. The van der Waals surface area contributed by atoms with Crippen molar-refractivity contribution >= 4 is 11.4 Å². The van der Waals surface area contributed by atoms with Gasteiger partial charge in [0.2, 0.25) is 0 Å². The van der Waals surface area contributed by atoms with E-state index in [1.807, 2.05) is 48.5 Å². The smallest absolute Gasteiger partial charge is 0.127 e. The van der Waals surface area contributed by atoms with Gasteiger partial charge in [0.25, 0.3) is 0 Å². The van der Waals surface area contributed by atoms with E-state index in [-0.39, 0.29) is 0 Å². The van der Waals surface area contributed by atoms with Crippen molar-refractivity contribution in [2.24, 2.45) is 0 Å². The van der Waals surface area contributed by atoms with Gasteiger partial charge in [-0.15, -0.1) is 0 Å². The van der Waals surface area contributed by atoms with Crippen LogP contribution in [0.3, 0.4) is 0 Å². The van der Waals surface area contributed by atoms with Gasteiger partial charge in [-0.2, -0.15) is 0 Å². The summed E-state index contributed by atoms with van der Waals surface area (Å²) in [7, 11) is 0. The van der Waals surface area contributed by atoms with E-state index in [4.69, 9.17) is 16.2 Å². The summed E-state index contributed by atoms with van der Waals surface area (Å²) in [6.07, 6.45) is 0.889. The third-order valence-electron chi connectivity index (χ3n) is 5.28. The molecule has 0 radical (unpaired) electrons. The van der Waals surface area contributed by atoms with E-state index in [1.54, 1.807) is 0 Å². The zero-order valence-electron chi connectivity index (χ0n) is 17.1. The molecule has 0 aliphatic heterocycles. The molecule has 150 valence electrons. The number of nitrogens with two attached hydrogens (primary N) is 2. The second-order valence-corrected chi connectivity index (χ2v) is 7.63. The minimum absolute atomic E-state index is 0.309. The Morgan fingerprint density at radius 2 is 1.43 bits per heavy atom. The highest BCUT2D eigenvalue weighted by Gasteiger charge is 2.13. The Labute approximate surface area is 177 Å². The van der Waals surface area contributed by atoms with Crippen molar-refractivity contribution in [3.63, 3.8) is 0 Å². The Bertz CT molecular complexity index is 1120. The zero-order chi connectivity index (χ0) is 20.9.